The number of likely N-dealkylation sites (tertiary alicyclic amines) is 1. The van der Waals surface area contributed by atoms with Crippen molar-refractivity contribution in [3.05, 3.63) is 34.4 Å². The minimum absolute atomic E-state index is 0. The van der Waals surface area contributed by atoms with Gasteiger partial charge in [0.2, 0.25) is 5.91 Å². The molecule has 1 amide bonds. The van der Waals surface area contributed by atoms with E-state index >= 15 is 0 Å². The fourth-order valence-corrected chi connectivity index (χ4v) is 3.23. The third-order valence-corrected chi connectivity index (χ3v) is 4.66. The van der Waals surface area contributed by atoms with Gasteiger partial charge in [0.15, 0.2) is 0 Å². The number of piperidine rings is 1. The molecule has 0 bridgehead atoms. The van der Waals surface area contributed by atoms with Gasteiger partial charge < -0.3 is 10.6 Å². The summed E-state index contributed by atoms with van der Waals surface area (Å²) >= 11 is 1.42. The van der Waals surface area contributed by atoms with Crippen molar-refractivity contribution < 1.29 is 9.72 Å². The summed E-state index contributed by atoms with van der Waals surface area (Å²) in [6.07, 6.45) is 1.70. The monoisotopic (exact) mass is 345 g/mol. The molecule has 2 N–H and O–H groups in total. The summed E-state index contributed by atoms with van der Waals surface area (Å²) in [7, 11) is 0. The quantitative estimate of drug-likeness (QED) is 0.514. The Balaban J connectivity index is 0.00000242. The van der Waals surface area contributed by atoms with Gasteiger partial charge in [0.05, 0.1) is 10.2 Å². The van der Waals surface area contributed by atoms with Gasteiger partial charge in [0, 0.05) is 36.2 Å². The number of carbonyl (C=O) groups is 1. The third kappa shape index (κ3) is 4.86. The normalized spacial score (nSPS) is 16.7. The highest BCUT2D eigenvalue weighted by atomic mass is 35.5. The van der Waals surface area contributed by atoms with E-state index in [9.17, 15) is 14.9 Å². The number of carbonyl (C=O) groups excluding carboxylic acids is 1. The molecule has 1 aliphatic rings. The van der Waals surface area contributed by atoms with Crippen LogP contribution in [0, 0.1) is 10.1 Å². The Morgan fingerprint density at radius 1 is 1.36 bits per heavy atom. The second-order valence-corrected chi connectivity index (χ2v) is 6.59. The van der Waals surface area contributed by atoms with Crippen LogP contribution in [0.2, 0.25) is 0 Å². The predicted molar refractivity (Wildman–Crippen MR) is 89.5 cm³/mol. The summed E-state index contributed by atoms with van der Waals surface area (Å²) in [5.74, 6) is 0.102. The van der Waals surface area contributed by atoms with E-state index in [4.69, 9.17) is 5.73 Å². The number of nitrogens with two attached hydrogens (primary N) is 1. The summed E-state index contributed by atoms with van der Waals surface area (Å²) in [6.45, 7) is 3.29. The average Bonchev–Trinajstić information content (AvgIpc) is 2.47. The molecule has 1 saturated heterocycles. The van der Waals surface area contributed by atoms with Crippen LogP contribution < -0.4 is 5.73 Å². The highest BCUT2D eigenvalue weighted by molar-refractivity contribution is 8.00. The van der Waals surface area contributed by atoms with E-state index in [0.29, 0.717) is 13.1 Å². The highest BCUT2D eigenvalue weighted by Crippen LogP contribution is 2.27. The maximum absolute atomic E-state index is 12.3. The molecular formula is C14H20ClN3O3S. The molecule has 1 heterocycles. The number of thioether (sulfide) groups is 1. The lowest BCUT2D eigenvalue weighted by atomic mass is 10.1. The number of halogens is 1. The maximum Gasteiger partial charge on any atom is 0.269 e. The van der Waals surface area contributed by atoms with Crippen LogP contribution in [0.4, 0.5) is 5.69 Å². The number of benzene rings is 1. The Morgan fingerprint density at radius 2 is 1.91 bits per heavy atom. The maximum atomic E-state index is 12.3. The van der Waals surface area contributed by atoms with Crippen LogP contribution in [-0.4, -0.2) is 40.1 Å². The highest BCUT2D eigenvalue weighted by Gasteiger charge is 2.25. The van der Waals surface area contributed by atoms with Gasteiger partial charge >= 0.3 is 0 Å². The van der Waals surface area contributed by atoms with Crippen LogP contribution in [0.25, 0.3) is 0 Å². The fourth-order valence-electron chi connectivity index (χ4n) is 2.28. The first kappa shape index (κ1) is 18.7. The molecule has 8 heteroatoms. The Hall–Kier alpha value is -1.31. The SMILES string of the molecule is CC(Sc1ccc([N+](=O)[O-])cc1)C(=O)N1CCC(N)CC1.Cl. The molecule has 0 spiro atoms. The number of hydrogen-bond donors (Lipinski definition) is 1. The first-order valence-electron chi connectivity index (χ1n) is 6.93. The number of nitro benzene ring substituents is 1. The minimum atomic E-state index is -0.431. The van der Waals surface area contributed by atoms with Gasteiger partial charge in [-0.3, -0.25) is 14.9 Å². The molecule has 0 aliphatic carbocycles. The van der Waals surface area contributed by atoms with E-state index in [0.717, 1.165) is 17.7 Å². The number of amides is 1. The van der Waals surface area contributed by atoms with Crippen LogP contribution in [0.5, 0.6) is 0 Å². The molecule has 1 aromatic rings. The van der Waals surface area contributed by atoms with Crippen molar-refractivity contribution in [1.82, 2.24) is 4.90 Å². The van der Waals surface area contributed by atoms with Gasteiger partial charge in [-0.1, -0.05) is 0 Å². The second kappa shape index (κ2) is 8.36. The van der Waals surface area contributed by atoms with Gasteiger partial charge in [-0.15, -0.1) is 24.2 Å². The molecule has 1 fully saturated rings. The summed E-state index contributed by atoms with van der Waals surface area (Å²) in [6, 6.07) is 6.47. The lowest BCUT2D eigenvalue weighted by Gasteiger charge is -2.31. The zero-order chi connectivity index (χ0) is 15.4. The lowest BCUT2D eigenvalue weighted by Crippen LogP contribution is -2.45. The fraction of sp³-hybridized carbons (Fsp3) is 0.500. The molecule has 1 unspecified atom stereocenters. The molecule has 0 radical (unpaired) electrons. The van der Waals surface area contributed by atoms with Crippen molar-refractivity contribution in [2.24, 2.45) is 5.73 Å². The molecule has 122 valence electrons. The molecule has 2 rings (SSSR count). The molecule has 1 aromatic carbocycles. The van der Waals surface area contributed by atoms with Gasteiger partial charge in [0.1, 0.15) is 0 Å². The van der Waals surface area contributed by atoms with E-state index in [1.54, 1.807) is 12.1 Å². The van der Waals surface area contributed by atoms with Crippen molar-refractivity contribution in [3.8, 4) is 0 Å². The van der Waals surface area contributed by atoms with E-state index in [2.05, 4.69) is 0 Å². The van der Waals surface area contributed by atoms with Crippen molar-refractivity contribution in [2.45, 2.75) is 36.0 Å². The van der Waals surface area contributed by atoms with Crippen molar-refractivity contribution in [3.63, 3.8) is 0 Å². The van der Waals surface area contributed by atoms with Crippen LogP contribution in [-0.2, 0) is 4.79 Å². The number of rotatable bonds is 4. The molecular weight excluding hydrogens is 326 g/mol. The first-order chi connectivity index (χ1) is 9.97. The first-order valence-corrected chi connectivity index (χ1v) is 7.81. The molecule has 0 aromatic heterocycles. The van der Waals surface area contributed by atoms with Crippen LogP contribution >= 0.6 is 24.2 Å². The summed E-state index contributed by atoms with van der Waals surface area (Å²) in [4.78, 5) is 25.2. The van der Waals surface area contributed by atoms with Crippen LogP contribution in [0.3, 0.4) is 0 Å². The van der Waals surface area contributed by atoms with Crippen LogP contribution in [0.1, 0.15) is 19.8 Å². The largest absolute Gasteiger partial charge is 0.342 e. The van der Waals surface area contributed by atoms with E-state index in [1.807, 2.05) is 11.8 Å². The van der Waals surface area contributed by atoms with Crippen molar-refractivity contribution in [1.29, 1.82) is 0 Å². The molecule has 6 nitrogen and oxygen atoms in total. The van der Waals surface area contributed by atoms with Crippen LogP contribution in [0.15, 0.2) is 29.2 Å². The number of hydrogen-bond acceptors (Lipinski definition) is 5. The number of nitrogens with zero attached hydrogens (tertiary/aromatic N) is 2. The average molecular weight is 346 g/mol. The van der Waals surface area contributed by atoms with Gasteiger partial charge in [-0.2, -0.15) is 0 Å². The second-order valence-electron chi connectivity index (χ2n) is 5.17. The predicted octanol–water partition coefficient (Wildman–Crippen LogP) is 2.45. The Kier molecular flexibility index (Phi) is 7.12. The van der Waals surface area contributed by atoms with Crippen molar-refractivity contribution >= 4 is 35.8 Å². The topological polar surface area (TPSA) is 89.5 Å². The summed E-state index contributed by atoms with van der Waals surface area (Å²) in [5.41, 5.74) is 5.90. The lowest BCUT2D eigenvalue weighted by molar-refractivity contribution is -0.384. The number of nitro groups is 1. The minimum Gasteiger partial charge on any atom is -0.342 e. The van der Waals surface area contributed by atoms with Gasteiger partial charge in [0.25, 0.3) is 5.69 Å². The van der Waals surface area contributed by atoms with Gasteiger partial charge in [-0.05, 0) is 31.9 Å². The molecule has 0 saturated carbocycles. The number of non-ortho nitro benzene ring substituents is 1. The standard InChI is InChI=1S/C14H19N3O3S.ClH/c1-10(14(18)16-8-6-11(15)7-9-16)21-13-4-2-12(3-5-13)17(19)20;/h2-5,10-11H,6-9,15H2,1H3;1H. The molecule has 1 atom stereocenters. The zero-order valence-corrected chi connectivity index (χ0v) is 13.9. The smallest absolute Gasteiger partial charge is 0.269 e. The Morgan fingerprint density at radius 3 is 2.41 bits per heavy atom. The summed E-state index contributed by atoms with van der Waals surface area (Å²) in [5, 5.41) is 10.4. The van der Waals surface area contributed by atoms with E-state index < -0.39 is 4.92 Å². The third-order valence-electron chi connectivity index (χ3n) is 3.56. The Bertz CT molecular complexity index is 519. The Labute approximate surface area is 140 Å². The van der Waals surface area contributed by atoms with Crippen molar-refractivity contribution in [2.75, 3.05) is 13.1 Å². The van der Waals surface area contributed by atoms with E-state index in [1.165, 1.54) is 23.9 Å². The molecule has 22 heavy (non-hydrogen) atoms. The van der Waals surface area contributed by atoms with E-state index in [-0.39, 0.29) is 35.3 Å². The zero-order valence-electron chi connectivity index (χ0n) is 12.3. The summed E-state index contributed by atoms with van der Waals surface area (Å²) < 4.78 is 0. The molecule has 1 aliphatic heterocycles. The van der Waals surface area contributed by atoms with Gasteiger partial charge in [-0.25, -0.2) is 0 Å².